The van der Waals surface area contributed by atoms with E-state index >= 15 is 0 Å². The van der Waals surface area contributed by atoms with E-state index < -0.39 is 0 Å². The molecular formula is C7H17KNO-. The number of rotatable bonds is 4. The van der Waals surface area contributed by atoms with Gasteiger partial charge >= 0.3 is 51.4 Å². The molecule has 0 bridgehead atoms. The summed E-state index contributed by atoms with van der Waals surface area (Å²) in [6, 6.07) is 0. The topological polar surface area (TPSA) is 12.5 Å². The van der Waals surface area contributed by atoms with Gasteiger partial charge in [-0.3, -0.25) is 7.05 Å². The van der Waals surface area contributed by atoms with Crippen LogP contribution in [0.25, 0.3) is 0 Å². The third-order valence-electron chi connectivity index (χ3n) is 0.831. The molecule has 0 aliphatic carbocycles. The summed E-state index contributed by atoms with van der Waals surface area (Å²) in [5.41, 5.74) is 0. The molecule has 0 saturated heterocycles. The van der Waals surface area contributed by atoms with Gasteiger partial charge in [0.05, 0.1) is 6.61 Å². The van der Waals surface area contributed by atoms with Gasteiger partial charge in [0.25, 0.3) is 0 Å². The third kappa shape index (κ3) is 12.3. The Morgan fingerprint density at radius 2 is 1.90 bits per heavy atom. The van der Waals surface area contributed by atoms with Gasteiger partial charge in [0.15, 0.2) is 0 Å². The zero-order valence-electron chi connectivity index (χ0n) is 7.68. The maximum Gasteiger partial charge on any atom is 1.00 e. The second kappa shape index (κ2) is 13.2. The van der Waals surface area contributed by atoms with Crippen LogP contribution in [-0.4, -0.2) is 18.2 Å². The molecular weight excluding hydrogens is 153 g/mol. The number of nitrogens with zero attached hydrogens (tertiary/aromatic N) is 1. The molecule has 0 spiro atoms. The molecule has 2 nitrogen and oxygen atoms in total. The Kier molecular flexibility index (Phi) is 23.2. The van der Waals surface area contributed by atoms with Crippen LogP contribution >= 0.6 is 0 Å². The van der Waals surface area contributed by atoms with E-state index in [2.05, 4.69) is 14.0 Å². The smallest absolute Gasteiger partial charge is 0.358 e. The normalized spacial score (nSPS) is 8.40. The Balaban J connectivity index is -0.000000245. The molecule has 10 heavy (non-hydrogen) atoms. The van der Waals surface area contributed by atoms with Crippen molar-refractivity contribution in [3.8, 4) is 0 Å². The molecule has 0 aliphatic heterocycles. The fourth-order valence-corrected chi connectivity index (χ4v) is 0.312. The van der Waals surface area contributed by atoms with E-state index in [4.69, 9.17) is 4.84 Å². The maximum atomic E-state index is 5.06. The molecule has 0 amide bonds. The molecule has 0 saturated carbocycles. The van der Waals surface area contributed by atoms with Crippen molar-refractivity contribution in [2.45, 2.75) is 20.3 Å². The van der Waals surface area contributed by atoms with Crippen LogP contribution in [-0.2, 0) is 4.84 Å². The van der Waals surface area contributed by atoms with Gasteiger partial charge < -0.3 is 17.3 Å². The number of hydroxylamine groups is 2. The SMILES string of the molecule is [CH2-]N(CC)OCCC.[CH3-].[K+]. The molecule has 0 heterocycles. The molecule has 0 aromatic heterocycles. The molecule has 0 rings (SSSR count). The number of hydrogen-bond donors (Lipinski definition) is 0. The summed E-state index contributed by atoms with van der Waals surface area (Å²) >= 11 is 0. The van der Waals surface area contributed by atoms with Crippen molar-refractivity contribution in [3.05, 3.63) is 14.5 Å². The molecule has 0 aromatic rings. The molecule has 0 aliphatic rings. The number of hydrogen-bond acceptors (Lipinski definition) is 2. The fourth-order valence-electron chi connectivity index (χ4n) is 0.312. The summed E-state index contributed by atoms with van der Waals surface area (Å²) in [5, 5.41) is 1.59. The van der Waals surface area contributed by atoms with Crippen LogP contribution in [0, 0.1) is 14.5 Å². The second-order valence-corrected chi connectivity index (χ2v) is 1.63. The zero-order valence-corrected chi connectivity index (χ0v) is 10.8. The molecule has 0 N–H and O–H groups in total. The van der Waals surface area contributed by atoms with E-state index in [0.717, 1.165) is 19.6 Å². The van der Waals surface area contributed by atoms with Crippen molar-refractivity contribution in [2.24, 2.45) is 0 Å². The maximum absolute atomic E-state index is 5.06. The van der Waals surface area contributed by atoms with Gasteiger partial charge in [-0.05, 0) is 13.0 Å². The van der Waals surface area contributed by atoms with Gasteiger partial charge in [0, 0.05) is 0 Å². The predicted molar refractivity (Wildman–Crippen MR) is 40.4 cm³/mol. The molecule has 0 fully saturated rings. The minimum absolute atomic E-state index is 0. The second-order valence-electron chi connectivity index (χ2n) is 1.63. The minimum Gasteiger partial charge on any atom is -0.358 e. The van der Waals surface area contributed by atoms with Gasteiger partial charge in [0.2, 0.25) is 0 Å². The van der Waals surface area contributed by atoms with Crippen molar-refractivity contribution in [1.82, 2.24) is 5.06 Å². The van der Waals surface area contributed by atoms with E-state index in [0.29, 0.717) is 0 Å². The van der Waals surface area contributed by atoms with Gasteiger partial charge in [0.1, 0.15) is 0 Å². The fraction of sp³-hybridized carbons (Fsp3) is 0.714. The summed E-state index contributed by atoms with van der Waals surface area (Å²) in [6.45, 7) is 5.70. The molecule has 58 valence electrons. The first-order chi connectivity index (χ1) is 3.81. The summed E-state index contributed by atoms with van der Waals surface area (Å²) < 4.78 is 0. The largest absolute Gasteiger partial charge is 1.00 e. The van der Waals surface area contributed by atoms with E-state index in [1.54, 1.807) is 5.06 Å². The van der Waals surface area contributed by atoms with E-state index in [-0.39, 0.29) is 58.8 Å². The van der Waals surface area contributed by atoms with Gasteiger partial charge in [-0.15, -0.1) is 0 Å². The Morgan fingerprint density at radius 1 is 1.40 bits per heavy atom. The Hall–Kier alpha value is 1.56. The summed E-state index contributed by atoms with van der Waals surface area (Å²) in [4.78, 5) is 5.06. The quantitative estimate of drug-likeness (QED) is 0.302. The predicted octanol–water partition coefficient (Wildman–Crippen LogP) is -1.10. The molecule has 0 aromatic carbocycles. The minimum atomic E-state index is 0. The first-order valence-electron chi connectivity index (χ1n) is 3.02. The van der Waals surface area contributed by atoms with Crippen molar-refractivity contribution in [3.63, 3.8) is 0 Å². The van der Waals surface area contributed by atoms with Gasteiger partial charge in [-0.25, -0.2) is 0 Å². The van der Waals surface area contributed by atoms with Crippen molar-refractivity contribution in [2.75, 3.05) is 13.2 Å². The van der Waals surface area contributed by atoms with Crippen molar-refractivity contribution in [1.29, 1.82) is 0 Å². The molecule has 3 heteroatoms. The van der Waals surface area contributed by atoms with Crippen molar-refractivity contribution >= 4 is 0 Å². The average molecular weight is 170 g/mol. The van der Waals surface area contributed by atoms with E-state index in [1.165, 1.54) is 0 Å². The van der Waals surface area contributed by atoms with Gasteiger partial charge in [-0.2, -0.15) is 0 Å². The van der Waals surface area contributed by atoms with Crippen LogP contribution in [0.4, 0.5) is 0 Å². The summed E-state index contributed by atoms with van der Waals surface area (Å²) in [6.07, 6.45) is 1.05. The van der Waals surface area contributed by atoms with E-state index in [9.17, 15) is 0 Å². The molecule has 0 unspecified atom stereocenters. The monoisotopic (exact) mass is 170 g/mol. The summed E-state index contributed by atoms with van der Waals surface area (Å²) in [7, 11) is 3.61. The van der Waals surface area contributed by atoms with Crippen LogP contribution in [0.3, 0.4) is 0 Å². The third-order valence-corrected chi connectivity index (χ3v) is 0.831. The van der Waals surface area contributed by atoms with E-state index in [1.807, 2.05) is 6.92 Å². The first kappa shape index (κ1) is 17.6. The van der Waals surface area contributed by atoms with Crippen LogP contribution in [0.5, 0.6) is 0 Å². The van der Waals surface area contributed by atoms with Crippen LogP contribution in [0.1, 0.15) is 20.3 Å². The van der Waals surface area contributed by atoms with Crippen LogP contribution in [0.2, 0.25) is 0 Å². The van der Waals surface area contributed by atoms with Crippen molar-refractivity contribution < 1.29 is 56.2 Å². The summed E-state index contributed by atoms with van der Waals surface area (Å²) in [5.74, 6) is 0. The first-order valence-corrected chi connectivity index (χ1v) is 3.02. The molecule has 0 radical (unpaired) electrons. The molecule has 0 atom stereocenters. The standard InChI is InChI=1S/C6H14NO.CH3.K/c1-4-6-8-7(3)5-2;;/h3-6H2,1-2H3;1H3;/q2*-1;+1. The Labute approximate surface area is 108 Å². The van der Waals surface area contributed by atoms with Gasteiger partial charge in [-0.1, -0.05) is 13.8 Å². The Morgan fingerprint density at radius 3 is 2.20 bits per heavy atom. The van der Waals surface area contributed by atoms with Crippen LogP contribution < -0.4 is 51.4 Å². The van der Waals surface area contributed by atoms with Crippen LogP contribution in [0.15, 0.2) is 0 Å². The Bertz CT molecular complexity index is 52.9. The zero-order chi connectivity index (χ0) is 6.41. The average Bonchev–Trinajstić information content (AvgIpc) is 1.83.